The van der Waals surface area contributed by atoms with E-state index in [0.717, 1.165) is 6.29 Å². The Hall–Kier alpha value is -0.900. The fraction of sp³-hybridized carbons (Fsp3) is 0.600. The molecule has 0 aliphatic heterocycles. The monoisotopic (exact) mass is 129 g/mol. The van der Waals surface area contributed by atoms with Crippen LogP contribution in [0.4, 0.5) is 0 Å². The van der Waals surface area contributed by atoms with Crippen molar-refractivity contribution in [3.63, 3.8) is 0 Å². The number of nitrogens with one attached hydrogen (secondary N) is 1. The van der Waals surface area contributed by atoms with Gasteiger partial charge in [-0.3, -0.25) is 4.99 Å². The van der Waals surface area contributed by atoms with Gasteiger partial charge in [-0.15, -0.1) is 0 Å². The number of aldehydes is 1. The molecule has 0 saturated carbocycles. The number of nitrogens with two attached hydrogens (primary N) is 1. The van der Waals surface area contributed by atoms with Crippen molar-refractivity contribution in [2.24, 2.45) is 10.7 Å². The molecule has 0 rings (SSSR count). The summed E-state index contributed by atoms with van der Waals surface area (Å²) in [6.07, 6.45) is 0.765. The third-order valence-corrected chi connectivity index (χ3v) is 0.853. The predicted octanol–water partition coefficient (Wildman–Crippen LogP) is -1.24. The molecule has 0 aliphatic carbocycles. The Morgan fingerprint density at radius 2 is 2.56 bits per heavy atom. The Balaban J connectivity index is 3.44. The van der Waals surface area contributed by atoms with E-state index in [1.807, 2.05) is 0 Å². The van der Waals surface area contributed by atoms with Gasteiger partial charge in [0.2, 0.25) is 0 Å². The maximum atomic E-state index is 9.78. The summed E-state index contributed by atoms with van der Waals surface area (Å²) in [6.45, 7) is 0.633. The maximum Gasteiger partial charge on any atom is 0.139 e. The Kier molecular flexibility index (Phi) is 4.72. The largest absolute Gasteiger partial charge is 0.366 e. The molecule has 0 aromatic rings. The van der Waals surface area contributed by atoms with Gasteiger partial charge in [0.1, 0.15) is 12.1 Å². The van der Waals surface area contributed by atoms with Crippen LogP contribution in [-0.4, -0.2) is 32.3 Å². The van der Waals surface area contributed by atoms with Crippen LogP contribution in [0.3, 0.4) is 0 Å². The van der Waals surface area contributed by atoms with E-state index in [1.165, 1.54) is 0 Å². The Labute approximate surface area is 54.1 Å². The second kappa shape index (κ2) is 5.24. The van der Waals surface area contributed by atoms with Crippen LogP contribution in [0, 0.1) is 0 Å². The number of hydrogen-bond acceptors (Lipinski definition) is 3. The first-order valence-corrected chi connectivity index (χ1v) is 2.68. The van der Waals surface area contributed by atoms with Crippen LogP contribution in [0.5, 0.6) is 0 Å². The van der Waals surface area contributed by atoms with Crippen molar-refractivity contribution < 1.29 is 4.79 Å². The normalized spacial score (nSPS) is 11.1. The highest BCUT2D eigenvalue weighted by atomic mass is 16.1. The van der Waals surface area contributed by atoms with Crippen molar-refractivity contribution >= 4 is 12.1 Å². The van der Waals surface area contributed by atoms with Gasteiger partial charge in [0.25, 0.3) is 0 Å². The number of amidine groups is 1. The molecule has 0 atom stereocenters. The van der Waals surface area contributed by atoms with E-state index in [2.05, 4.69) is 10.3 Å². The summed E-state index contributed by atoms with van der Waals surface area (Å²) in [5.74, 6) is 0.655. The Morgan fingerprint density at radius 1 is 1.89 bits per heavy atom. The lowest BCUT2D eigenvalue weighted by molar-refractivity contribution is -0.106. The number of rotatable bonds is 3. The molecule has 0 spiro atoms. The van der Waals surface area contributed by atoms with E-state index in [9.17, 15) is 4.79 Å². The van der Waals surface area contributed by atoms with Crippen LogP contribution in [0.25, 0.3) is 0 Å². The second-order valence-corrected chi connectivity index (χ2v) is 1.42. The number of aliphatic imine (C=N–C) groups is 1. The molecular formula is C5H11N3O. The van der Waals surface area contributed by atoms with Crippen molar-refractivity contribution in [2.45, 2.75) is 0 Å². The van der Waals surface area contributed by atoms with E-state index in [0.29, 0.717) is 12.4 Å². The molecule has 3 N–H and O–H groups in total. The molecule has 0 amide bonds. The standard InChI is InChI=1S/C5H11N3O/c1-7-5(4-6)8-2-3-9/h3H,2,4,6H2,1H3,(H,7,8). The summed E-state index contributed by atoms with van der Waals surface area (Å²) in [4.78, 5) is 13.5. The van der Waals surface area contributed by atoms with Crippen molar-refractivity contribution in [1.82, 2.24) is 5.32 Å². The summed E-state index contributed by atoms with van der Waals surface area (Å²) in [5.41, 5.74) is 5.21. The van der Waals surface area contributed by atoms with Crippen LogP contribution in [0.2, 0.25) is 0 Å². The summed E-state index contributed by atoms with van der Waals surface area (Å²) < 4.78 is 0. The highest BCUT2D eigenvalue weighted by Gasteiger charge is 1.88. The van der Waals surface area contributed by atoms with Gasteiger partial charge in [-0.2, -0.15) is 0 Å². The lowest BCUT2D eigenvalue weighted by Crippen LogP contribution is -2.31. The second-order valence-electron chi connectivity index (χ2n) is 1.42. The molecular weight excluding hydrogens is 118 g/mol. The zero-order valence-corrected chi connectivity index (χ0v) is 5.42. The van der Waals surface area contributed by atoms with E-state index in [4.69, 9.17) is 5.73 Å². The van der Waals surface area contributed by atoms with E-state index in [1.54, 1.807) is 7.05 Å². The molecule has 4 nitrogen and oxygen atoms in total. The molecule has 4 heteroatoms. The van der Waals surface area contributed by atoms with E-state index >= 15 is 0 Å². The van der Waals surface area contributed by atoms with E-state index in [-0.39, 0.29) is 6.54 Å². The van der Waals surface area contributed by atoms with Gasteiger partial charge in [0.05, 0.1) is 13.1 Å². The average Bonchev–Trinajstić information content (AvgIpc) is 1.91. The van der Waals surface area contributed by atoms with Crippen LogP contribution in [0.15, 0.2) is 4.99 Å². The number of hydrogen-bond donors (Lipinski definition) is 2. The summed E-state index contributed by atoms with van der Waals surface area (Å²) >= 11 is 0. The van der Waals surface area contributed by atoms with Crippen LogP contribution >= 0.6 is 0 Å². The lowest BCUT2D eigenvalue weighted by atomic mass is 10.5. The third kappa shape index (κ3) is 3.66. The van der Waals surface area contributed by atoms with E-state index < -0.39 is 0 Å². The topological polar surface area (TPSA) is 67.5 Å². The highest BCUT2D eigenvalue weighted by molar-refractivity contribution is 5.85. The van der Waals surface area contributed by atoms with Crippen LogP contribution in [0.1, 0.15) is 0 Å². The molecule has 0 unspecified atom stereocenters. The number of carbonyl (C=O) groups is 1. The lowest BCUT2D eigenvalue weighted by Gasteiger charge is -2.00. The van der Waals surface area contributed by atoms with Gasteiger partial charge in [-0.05, 0) is 0 Å². The van der Waals surface area contributed by atoms with Gasteiger partial charge < -0.3 is 15.8 Å². The molecule has 0 bridgehead atoms. The molecule has 0 radical (unpaired) electrons. The molecule has 0 fully saturated rings. The summed E-state index contributed by atoms with van der Waals surface area (Å²) in [5, 5.41) is 2.73. The minimum atomic E-state index is 0.282. The Morgan fingerprint density at radius 3 is 2.89 bits per heavy atom. The van der Waals surface area contributed by atoms with Gasteiger partial charge in [0, 0.05) is 7.05 Å². The minimum absolute atomic E-state index is 0.282. The average molecular weight is 129 g/mol. The molecule has 0 aromatic carbocycles. The molecule has 0 heterocycles. The Bertz CT molecular complexity index is 111. The molecule has 0 aromatic heterocycles. The molecule has 0 saturated heterocycles. The first-order valence-electron chi connectivity index (χ1n) is 2.68. The predicted molar refractivity (Wildman–Crippen MR) is 36.5 cm³/mol. The quantitative estimate of drug-likeness (QED) is 0.284. The first kappa shape index (κ1) is 8.10. The van der Waals surface area contributed by atoms with Crippen LogP contribution < -0.4 is 11.1 Å². The minimum Gasteiger partial charge on any atom is -0.366 e. The summed E-state index contributed by atoms with van der Waals surface area (Å²) in [7, 11) is 1.62. The zero-order valence-electron chi connectivity index (χ0n) is 5.42. The van der Waals surface area contributed by atoms with Crippen molar-refractivity contribution in [3.8, 4) is 0 Å². The van der Waals surface area contributed by atoms with Crippen molar-refractivity contribution in [3.05, 3.63) is 0 Å². The van der Waals surface area contributed by atoms with Crippen LogP contribution in [-0.2, 0) is 4.79 Å². The first-order chi connectivity index (χ1) is 4.35. The van der Waals surface area contributed by atoms with Gasteiger partial charge in [-0.1, -0.05) is 0 Å². The number of nitrogens with zero attached hydrogens (tertiary/aromatic N) is 1. The molecule has 0 aliphatic rings. The van der Waals surface area contributed by atoms with Gasteiger partial charge in [0.15, 0.2) is 0 Å². The SMILES string of the molecule is CN=C(CN)NCC=O. The van der Waals surface area contributed by atoms with Gasteiger partial charge in [-0.25, -0.2) is 0 Å². The third-order valence-electron chi connectivity index (χ3n) is 0.853. The zero-order chi connectivity index (χ0) is 7.11. The number of carbonyl (C=O) groups excluding carboxylic acids is 1. The molecule has 52 valence electrons. The van der Waals surface area contributed by atoms with Gasteiger partial charge >= 0.3 is 0 Å². The fourth-order valence-electron chi connectivity index (χ4n) is 0.402. The highest BCUT2D eigenvalue weighted by Crippen LogP contribution is 1.63. The van der Waals surface area contributed by atoms with Crippen molar-refractivity contribution in [1.29, 1.82) is 0 Å². The summed E-state index contributed by atoms with van der Waals surface area (Å²) in [6, 6.07) is 0. The smallest absolute Gasteiger partial charge is 0.139 e. The maximum absolute atomic E-state index is 9.78. The molecule has 9 heavy (non-hydrogen) atoms. The fourth-order valence-corrected chi connectivity index (χ4v) is 0.402. The van der Waals surface area contributed by atoms with Crippen molar-refractivity contribution in [2.75, 3.05) is 20.1 Å².